The van der Waals surface area contributed by atoms with Gasteiger partial charge in [-0.3, -0.25) is 4.55 Å². The van der Waals surface area contributed by atoms with Gasteiger partial charge in [-0.15, -0.1) is 24.0 Å². The van der Waals surface area contributed by atoms with Crippen LogP contribution in [0.4, 0.5) is 28.4 Å². The Hall–Kier alpha value is -4.36. The van der Waals surface area contributed by atoms with E-state index in [9.17, 15) is 31.6 Å². The molecule has 0 radical (unpaired) electrons. The molecule has 0 heterocycles. The second kappa shape index (κ2) is 17.7. The molecule has 0 spiro atoms. The van der Waals surface area contributed by atoms with Gasteiger partial charge in [-0.05, 0) is 73.3 Å². The number of benzene rings is 4. The van der Waals surface area contributed by atoms with Crippen LogP contribution in [0, 0.1) is 0 Å². The van der Waals surface area contributed by atoms with Crippen molar-refractivity contribution in [3.8, 4) is 11.5 Å². The van der Waals surface area contributed by atoms with Crippen LogP contribution in [0.2, 0.25) is 0 Å². The molecule has 0 aliphatic rings. The molecule has 4 rings (SSSR count). The molecule has 22 heteroatoms. The Morgan fingerprint density at radius 2 is 1.65 bits per heavy atom. The number of rotatable bonds is 18. The van der Waals surface area contributed by atoms with Crippen LogP contribution in [0.25, 0.3) is 10.8 Å². The normalized spacial score (nSPS) is 12.3. The molecule has 0 saturated heterocycles. The van der Waals surface area contributed by atoms with Gasteiger partial charge in [0.25, 0.3) is 10.1 Å². The Labute approximate surface area is 299 Å². The summed E-state index contributed by atoms with van der Waals surface area (Å²) in [4.78, 5) is 4.14. The number of phenolic OH excluding ortho intramolecular Hbond substituents is 2. The van der Waals surface area contributed by atoms with Crippen LogP contribution in [-0.4, -0.2) is 55.8 Å². The Balaban J connectivity index is 1.79. The molecule has 272 valence electrons. The molecule has 0 unspecified atom stereocenters. The van der Waals surface area contributed by atoms with Crippen molar-refractivity contribution in [1.29, 1.82) is 0 Å². The van der Waals surface area contributed by atoms with Crippen LogP contribution < -0.4 is 5.73 Å². The zero-order valence-corrected chi connectivity index (χ0v) is 29.5. The summed E-state index contributed by atoms with van der Waals surface area (Å²) in [5, 5.41) is 49.7. The third-order valence-electron chi connectivity index (χ3n) is 6.56. The predicted molar refractivity (Wildman–Crippen MR) is 185 cm³/mol. The van der Waals surface area contributed by atoms with E-state index in [2.05, 4.69) is 41.3 Å². The minimum Gasteiger partial charge on any atom is -0.506 e. The van der Waals surface area contributed by atoms with E-state index in [1.807, 2.05) is 0 Å². The molecule has 0 aliphatic heterocycles. The minimum absolute atomic E-state index is 0.0199. The summed E-state index contributed by atoms with van der Waals surface area (Å²) in [5.74, 6) is -1.15. The standard InChI is InChI=1S/C29H29N5O13S4/c1-3-43-12-5-13-50(38,39)20-9-6-18(7-10-20)31-34-28-24(51(40,41)42)15-17-14-23(49-47-45-37)27(29(36)25(17)26(28)30)33-32-21-16-19(8-11-22(21)35)48-46-44-4-2/h4,6-11,14-16,35-37H,2-3,5,12-13,30H2,1H3,(H,40,41,42). The lowest BCUT2D eigenvalue weighted by Gasteiger charge is -2.14. The van der Waals surface area contributed by atoms with Crippen molar-refractivity contribution in [2.45, 2.75) is 32.9 Å². The molecule has 0 aromatic heterocycles. The first-order valence-corrected chi connectivity index (χ1v) is 18.8. The second-order valence-electron chi connectivity index (χ2n) is 9.84. The van der Waals surface area contributed by atoms with Crippen LogP contribution >= 0.6 is 24.1 Å². The maximum atomic E-state index is 12.6. The van der Waals surface area contributed by atoms with Crippen molar-refractivity contribution in [2.75, 3.05) is 24.7 Å². The van der Waals surface area contributed by atoms with Gasteiger partial charge in [0.05, 0.1) is 56.4 Å². The number of fused-ring (bicyclic) bond motifs is 1. The number of nitrogens with two attached hydrogens (primary N) is 1. The smallest absolute Gasteiger partial charge is 0.296 e. The van der Waals surface area contributed by atoms with Crippen molar-refractivity contribution in [3.63, 3.8) is 0 Å². The van der Waals surface area contributed by atoms with E-state index in [4.69, 9.17) is 20.1 Å². The third-order valence-corrected chi connectivity index (χ3v) is 10.5. The molecule has 0 fully saturated rings. The van der Waals surface area contributed by atoms with Crippen LogP contribution in [-0.2, 0) is 43.3 Å². The largest absolute Gasteiger partial charge is 0.506 e. The van der Waals surface area contributed by atoms with Crippen LogP contribution in [0.3, 0.4) is 0 Å². The summed E-state index contributed by atoms with van der Waals surface area (Å²) < 4.78 is 74.8. The van der Waals surface area contributed by atoms with Gasteiger partial charge in [0.15, 0.2) is 15.6 Å². The van der Waals surface area contributed by atoms with Crippen molar-refractivity contribution in [1.82, 2.24) is 0 Å². The highest BCUT2D eigenvalue weighted by atomic mass is 32.2. The third kappa shape index (κ3) is 10.1. The second-order valence-corrected chi connectivity index (χ2v) is 14.9. The van der Waals surface area contributed by atoms with Gasteiger partial charge in [-0.1, -0.05) is 11.6 Å². The van der Waals surface area contributed by atoms with E-state index in [1.54, 1.807) is 6.92 Å². The molecular weight excluding hydrogens is 755 g/mol. The minimum atomic E-state index is -5.01. The SMILES string of the molecule is C=COOSc1ccc(O)c(N=Nc2c(SOOO)cc3cc(S(=O)(=O)O)c(N=Nc4ccc(S(=O)(=O)CCCOCC)cc4)c(N)c3c2O)c1. The lowest BCUT2D eigenvalue weighted by atomic mass is 10.1. The number of nitrogen functional groups attached to an aromatic ring is 1. The predicted octanol–water partition coefficient (Wildman–Crippen LogP) is 7.64. The molecule has 4 aromatic carbocycles. The first kappa shape index (κ1) is 39.4. The lowest BCUT2D eigenvalue weighted by molar-refractivity contribution is -0.432. The quantitative estimate of drug-likeness (QED) is 0.00947. The number of azo groups is 2. The average molecular weight is 784 g/mol. The molecule has 0 saturated carbocycles. The number of anilines is 1. The number of phenols is 2. The Morgan fingerprint density at radius 3 is 2.31 bits per heavy atom. The van der Waals surface area contributed by atoms with Crippen molar-refractivity contribution < 1.29 is 60.2 Å². The number of sulfone groups is 1. The molecule has 6 N–H and O–H groups in total. The van der Waals surface area contributed by atoms with Crippen LogP contribution in [0.1, 0.15) is 13.3 Å². The topological polar surface area (TPSA) is 271 Å². The Kier molecular flexibility index (Phi) is 13.7. The van der Waals surface area contributed by atoms with Crippen LogP contribution in [0.15, 0.2) is 107 Å². The molecule has 0 amide bonds. The summed E-state index contributed by atoms with van der Waals surface area (Å²) in [7, 11) is -8.63. The maximum absolute atomic E-state index is 12.6. The fraction of sp³-hybridized carbons (Fsp3) is 0.172. The lowest BCUT2D eigenvalue weighted by Crippen LogP contribution is -2.09. The summed E-state index contributed by atoms with van der Waals surface area (Å²) in [6.07, 6.45) is 1.34. The molecule has 0 aliphatic carbocycles. The van der Waals surface area contributed by atoms with E-state index in [0.717, 1.165) is 24.4 Å². The summed E-state index contributed by atoms with van der Waals surface area (Å²) in [5.41, 5.74) is 4.94. The van der Waals surface area contributed by atoms with E-state index < -0.39 is 42.0 Å². The Morgan fingerprint density at radius 1 is 0.922 bits per heavy atom. The summed E-state index contributed by atoms with van der Waals surface area (Å²) >= 11 is 1.09. The van der Waals surface area contributed by atoms with Gasteiger partial charge < -0.3 is 25.6 Å². The highest BCUT2D eigenvalue weighted by Gasteiger charge is 2.25. The van der Waals surface area contributed by atoms with Gasteiger partial charge in [-0.25, -0.2) is 13.7 Å². The van der Waals surface area contributed by atoms with Gasteiger partial charge in [0.2, 0.25) is 0 Å². The van der Waals surface area contributed by atoms with Gasteiger partial charge >= 0.3 is 0 Å². The first-order chi connectivity index (χ1) is 24.3. The van der Waals surface area contributed by atoms with E-state index in [1.165, 1.54) is 48.5 Å². The highest BCUT2D eigenvalue weighted by Crippen LogP contribution is 2.50. The van der Waals surface area contributed by atoms with Gasteiger partial charge in [-0.2, -0.15) is 13.5 Å². The maximum Gasteiger partial charge on any atom is 0.296 e. The molecular formula is C29H29N5O13S4. The molecule has 0 atom stereocenters. The number of aromatic hydroxyl groups is 2. The van der Waals surface area contributed by atoms with Crippen molar-refractivity contribution in [2.24, 2.45) is 20.5 Å². The monoisotopic (exact) mass is 783 g/mol. The molecule has 18 nitrogen and oxygen atoms in total. The number of ether oxygens (including phenoxy) is 1. The number of hydrogen-bond donors (Lipinski definition) is 5. The Bertz CT molecular complexity index is 2170. The number of hydrogen-bond acceptors (Lipinski definition) is 19. The average Bonchev–Trinajstić information content (AvgIpc) is 3.09. The zero-order chi connectivity index (χ0) is 37.2. The van der Waals surface area contributed by atoms with Crippen LogP contribution in [0.5, 0.6) is 11.5 Å². The highest BCUT2D eigenvalue weighted by molar-refractivity contribution is 7.95. The van der Waals surface area contributed by atoms with Crippen molar-refractivity contribution in [3.05, 3.63) is 67.4 Å². The molecule has 0 bridgehead atoms. The van der Waals surface area contributed by atoms with E-state index in [-0.39, 0.29) is 55.7 Å². The first-order valence-electron chi connectivity index (χ1n) is 14.2. The zero-order valence-electron chi connectivity index (χ0n) is 26.3. The molecule has 4 aromatic rings. The van der Waals surface area contributed by atoms with Crippen molar-refractivity contribution >= 4 is 83.3 Å². The van der Waals surface area contributed by atoms with E-state index in [0.29, 0.717) is 30.0 Å². The number of nitrogens with zero attached hydrogens (tertiary/aromatic N) is 4. The molecule has 51 heavy (non-hydrogen) atoms. The van der Waals surface area contributed by atoms with E-state index >= 15 is 0 Å². The van der Waals surface area contributed by atoms with Gasteiger partial charge in [0.1, 0.15) is 34.0 Å². The fourth-order valence-corrected chi connectivity index (χ4v) is 7.20. The summed E-state index contributed by atoms with van der Waals surface area (Å²) in [6, 6.07) is 11.5. The van der Waals surface area contributed by atoms with Gasteiger partial charge in [0, 0.05) is 18.1 Å². The summed E-state index contributed by atoms with van der Waals surface area (Å²) in [6.45, 7) is 5.89. The fourth-order valence-electron chi connectivity index (χ4n) is 4.29.